The Morgan fingerprint density at radius 3 is 2.38 bits per heavy atom. The van der Waals surface area contributed by atoms with Gasteiger partial charge in [-0.1, -0.05) is 31.0 Å². The third-order valence-electron chi connectivity index (χ3n) is 5.42. The Bertz CT molecular complexity index is 521. The molecular formula is C19H29N3O2. The number of para-hydroxylation sites is 1. The Morgan fingerprint density at radius 1 is 1.08 bits per heavy atom. The lowest BCUT2D eigenvalue weighted by atomic mass is 9.99. The zero-order chi connectivity index (χ0) is 16.8. The Labute approximate surface area is 144 Å². The summed E-state index contributed by atoms with van der Waals surface area (Å²) in [5.74, 6) is 0.0800. The van der Waals surface area contributed by atoms with Gasteiger partial charge in [0.05, 0.1) is 12.1 Å². The summed E-state index contributed by atoms with van der Waals surface area (Å²) in [5.41, 5.74) is 0.935. The third-order valence-corrected chi connectivity index (χ3v) is 5.42. The fourth-order valence-corrected chi connectivity index (χ4v) is 3.86. The molecule has 5 heteroatoms. The maximum absolute atomic E-state index is 12.2. The summed E-state index contributed by atoms with van der Waals surface area (Å²) in [4.78, 5) is 17.0. The number of hydrogen-bond acceptors (Lipinski definition) is 4. The first-order valence-corrected chi connectivity index (χ1v) is 9.15. The van der Waals surface area contributed by atoms with Crippen LogP contribution in [0.2, 0.25) is 0 Å². The number of hydrogen-bond donors (Lipinski definition) is 2. The van der Waals surface area contributed by atoms with E-state index in [-0.39, 0.29) is 18.1 Å². The lowest BCUT2D eigenvalue weighted by Crippen LogP contribution is -2.51. The number of carbonyl (C=O) groups is 1. The minimum atomic E-state index is -0.344. The van der Waals surface area contributed by atoms with E-state index in [2.05, 4.69) is 39.4 Å². The molecule has 2 fully saturated rings. The summed E-state index contributed by atoms with van der Waals surface area (Å²) in [6.45, 7) is 4.86. The molecule has 1 heterocycles. The normalized spacial score (nSPS) is 21.0. The van der Waals surface area contributed by atoms with Crippen LogP contribution in [-0.2, 0) is 4.79 Å². The summed E-state index contributed by atoms with van der Waals surface area (Å²) in [6, 6.07) is 10.5. The molecule has 3 rings (SSSR count). The van der Waals surface area contributed by atoms with E-state index in [0.717, 1.165) is 58.4 Å². The van der Waals surface area contributed by atoms with Crippen molar-refractivity contribution >= 4 is 11.6 Å². The fraction of sp³-hybridized carbons (Fsp3) is 0.632. The first kappa shape index (κ1) is 17.2. The second-order valence-electron chi connectivity index (χ2n) is 7.11. The number of benzene rings is 1. The Kier molecular flexibility index (Phi) is 5.74. The fourth-order valence-electron chi connectivity index (χ4n) is 3.86. The van der Waals surface area contributed by atoms with Gasteiger partial charge in [-0.3, -0.25) is 9.69 Å². The average molecular weight is 331 g/mol. The molecule has 1 aromatic carbocycles. The summed E-state index contributed by atoms with van der Waals surface area (Å²) in [5, 5.41) is 12.7. The van der Waals surface area contributed by atoms with Gasteiger partial charge in [0.25, 0.3) is 0 Å². The highest BCUT2D eigenvalue weighted by Crippen LogP contribution is 2.29. The molecule has 0 spiro atoms. The maximum atomic E-state index is 12.2. The summed E-state index contributed by atoms with van der Waals surface area (Å²) < 4.78 is 0. The topological polar surface area (TPSA) is 55.8 Å². The van der Waals surface area contributed by atoms with Gasteiger partial charge < -0.3 is 15.3 Å². The van der Waals surface area contributed by atoms with Crippen molar-refractivity contribution in [2.45, 2.75) is 37.6 Å². The van der Waals surface area contributed by atoms with E-state index in [4.69, 9.17) is 0 Å². The van der Waals surface area contributed by atoms with Crippen molar-refractivity contribution in [1.82, 2.24) is 10.2 Å². The van der Waals surface area contributed by atoms with E-state index in [1.54, 1.807) is 0 Å². The van der Waals surface area contributed by atoms with E-state index in [9.17, 15) is 9.90 Å². The van der Waals surface area contributed by atoms with E-state index in [1.165, 1.54) is 5.69 Å². The molecule has 132 valence electrons. The molecule has 1 aliphatic heterocycles. The minimum absolute atomic E-state index is 0.0640. The van der Waals surface area contributed by atoms with E-state index >= 15 is 0 Å². The Hall–Kier alpha value is -1.59. The molecule has 1 saturated carbocycles. The van der Waals surface area contributed by atoms with E-state index in [0.29, 0.717) is 6.42 Å². The van der Waals surface area contributed by atoms with Crippen molar-refractivity contribution in [3.63, 3.8) is 0 Å². The maximum Gasteiger partial charge on any atom is 0.221 e. The molecule has 2 N–H and O–H groups in total. The number of anilines is 1. The summed E-state index contributed by atoms with van der Waals surface area (Å²) in [7, 11) is 0. The second-order valence-corrected chi connectivity index (χ2v) is 7.11. The molecular weight excluding hydrogens is 302 g/mol. The number of piperazine rings is 1. The third kappa shape index (κ3) is 4.28. The van der Waals surface area contributed by atoms with Crippen molar-refractivity contribution in [3.8, 4) is 0 Å². The van der Waals surface area contributed by atoms with Gasteiger partial charge in [0, 0.05) is 44.8 Å². The van der Waals surface area contributed by atoms with Gasteiger partial charge in [0.1, 0.15) is 0 Å². The molecule has 5 nitrogen and oxygen atoms in total. The van der Waals surface area contributed by atoms with Crippen LogP contribution >= 0.6 is 0 Å². The van der Waals surface area contributed by atoms with Crippen molar-refractivity contribution in [1.29, 1.82) is 0 Å². The van der Waals surface area contributed by atoms with Gasteiger partial charge in [0.15, 0.2) is 0 Å². The molecule has 24 heavy (non-hydrogen) atoms. The number of amides is 1. The highest BCUT2D eigenvalue weighted by Gasteiger charge is 2.34. The van der Waals surface area contributed by atoms with Crippen LogP contribution in [0.15, 0.2) is 30.3 Å². The van der Waals surface area contributed by atoms with Gasteiger partial charge in [0.2, 0.25) is 5.91 Å². The molecule has 0 bridgehead atoms. The van der Waals surface area contributed by atoms with Gasteiger partial charge in [-0.2, -0.15) is 0 Å². The number of nitrogens with one attached hydrogen (secondary N) is 1. The smallest absolute Gasteiger partial charge is 0.221 e. The zero-order valence-electron chi connectivity index (χ0n) is 14.4. The van der Waals surface area contributed by atoms with Crippen LogP contribution in [0.25, 0.3) is 0 Å². The van der Waals surface area contributed by atoms with Crippen LogP contribution in [0.4, 0.5) is 5.69 Å². The summed E-state index contributed by atoms with van der Waals surface area (Å²) in [6.07, 6.45) is 4.54. The lowest BCUT2D eigenvalue weighted by molar-refractivity contribution is -0.123. The quantitative estimate of drug-likeness (QED) is 0.832. The van der Waals surface area contributed by atoms with Crippen molar-refractivity contribution in [2.75, 3.05) is 44.2 Å². The van der Waals surface area contributed by atoms with Gasteiger partial charge in [-0.15, -0.1) is 0 Å². The van der Waals surface area contributed by atoms with E-state index in [1.807, 2.05) is 6.07 Å². The van der Waals surface area contributed by atoms with Gasteiger partial charge in [-0.25, -0.2) is 0 Å². The number of carbonyl (C=O) groups excluding carboxylic acids is 1. The van der Waals surface area contributed by atoms with Crippen molar-refractivity contribution in [2.24, 2.45) is 0 Å². The summed E-state index contributed by atoms with van der Waals surface area (Å²) >= 11 is 0. The standard InChI is InChI=1S/C19H29N3O2/c23-16-19(9-4-5-10-19)20-18(24)8-11-21-12-14-22(15-13-21)17-6-2-1-3-7-17/h1-3,6-7,23H,4-5,8-16H2,(H,20,24). The first-order valence-electron chi connectivity index (χ1n) is 9.15. The molecule has 0 radical (unpaired) electrons. The highest BCUT2D eigenvalue weighted by molar-refractivity contribution is 5.77. The predicted molar refractivity (Wildman–Crippen MR) is 96.1 cm³/mol. The number of aliphatic hydroxyl groups is 1. The number of aliphatic hydroxyl groups excluding tert-OH is 1. The van der Waals surface area contributed by atoms with Gasteiger partial charge in [-0.05, 0) is 25.0 Å². The predicted octanol–water partition coefficient (Wildman–Crippen LogP) is 1.62. The molecule has 0 atom stereocenters. The van der Waals surface area contributed by atoms with Crippen LogP contribution in [-0.4, -0.2) is 60.8 Å². The molecule has 0 unspecified atom stereocenters. The van der Waals surface area contributed by atoms with Crippen LogP contribution in [0, 0.1) is 0 Å². The molecule has 1 saturated heterocycles. The first-order chi connectivity index (χ1) is 11.7. The SMILES string of the molecule is O=C(CCN1CCN(c2ccccc2)CC1)NC1(CO)CCCC1. The minimum Gasteiger partial charge on any atom is -0.394 e. The van der Waals surface area contributed by atoms with Crippen LogP contribution in [0.1, 0.15) is 32.1 Å². The van der Waals surface area contributed by atoms with Crippen molar-refractivity contribution in [3.05, 3.63) is 30.3 Å². The van der Waals surface area contributed by atoms with Crippen LogP contribution < -0.4 is 10.2 Å². The average Bonchev–Trinajstić information content (AvgIpc) is 3.10. The zero-order valence-corrected chi connectivity index (χ0v) is 14.4. The second kappa shape index (κ2) is 7.99. The molecule has 1 amide bonds. The van der Waals surface area contributed by atoms with Crippen molar-refractivity contribution < 1.29 is 9.90 Å². The molecule has 2 aliphatic rings. The molecule has 1 aromatic rings. The molecule has 1 aliphatic carbocycles. The number of nitrogens with zero attached hydrogens (tertiary/aromatic N) is 2. The van der Waals surface area contributed by atoms with E-state index < -0.39 is 0 Å². The molecule has 0 aromatic heterocycles. The highest BCUT2D eigenvalue weighted by atomic mass is 16.3. The van der Waals surface area contributed by atoms with Crippen LogP contribution in [0.5, 0.6) is 0 Å². The Morgan fingerprint density at radius 2 is 1.75 bits per heavy atom. The van der Waals surface area contributed by atoms with Gasteiger partial charge >= 0.3 is 0 Å². The Balaban J connectivity index is 1.39. The monoisotopic (exact) mass is 331 g/mol. The lowest BCUT2D eigenvalue weighted by Gasteiger charge is -2.36. The number of rotatable bonds is 6. The van der Waals surface area contributed by atoms with Crippen LogP contribution in [0.3, 0.4) is 0 Å². The largest absolute Gasteiger partial charge is 0.394 e.